The zero-order chi connectivity index (χ0) is 12.4. The summed E-state index contributed by atoms with van der Waals surface area (Å²) in [7, 11) is 0. The van der Waals surface area contributed by atoms with E-state index in [0.29, 0.717) is 6.04 Å². The number of hydrogen-bond acceptors (Lipinski definition) is 2. The maximum Gasteiger partial charge on any atom is 0.134 e. The maximum absolute atomic E-state index is 4.51. The van der Waals surface area contributed by atoms with Crippen LogP contribution in [0.25, 0.3) is 10.8 Å². The molecule has 94 valence electrons. The van der Waals surface area contributed by atoms with Crippen LogP contribution in [0.4, 0.5) is 5.82 Å². The molecule has 1 aromatic heterocycles. The van der Waals surface area contributed by atoms with E-state index < -0.39 is 0 Å². The predicted octanol–water partition coefficient (Wildman–Crippen LogP) is 4.23. The number of hydrogen-bond donors (Lipinski definition) is 1. The van der Waals surface area contributed by atoms with Gasteiger partial charge >= 0.3 is 0 Å². The summed E-state index contributed by atoms with van der Waals surface area (Å²) < 4.78 is 0. The molecule has 0 bridgehead atoms. The quantitative estimate of drug-likeness (QED) is 0.868. The van der Waals surface area contributed by atoms with E-state index in [1.165, 1.54) is 36.5 Å². The molecule has 2 heteroatoms. The number of anilines is 1. The molecule has 0 aliphatic heterocycles. The molecule has 18 heavy (non-hydrogen) atoms. The largest absolute Gasteiger partial charge is 0.367 e. The molecule has 1 aliphatic rings. The van der Waals surface area contributed by atoms with Crippen LogP contribution in [0.15, 0.2) is 36.5 Å². The minimum Gasteiger partial charge on any atom is -0.367 e. The van der Waals surface area contributed by atoms with Gasteiger partial charge in [0.1, 0.15) is 5.82 Å². The smallest absolute Gasteiger partial charge is 0.134 e. The molecule has 1 N–H and O–H groups in total. The van der Waals surface area contributed by atoms with Gasteiger partial charge in [0.05, 0.1) is 0 Å². The topological polar surface area (TPSA) is 24.9 Å². The van der Waals surface area contributed by atoms with Crippen LogP contribution < -0.4 is 5.32 Å². The van der Waals surface area contributed by atoms with Gasteiger partial charge in [-0.15, -0.1) is 0 Å². The molecule has 2 nitrogen and oxygen atoms in total. The first-order valence-electron chi connectivity index (χ1n) is 6.95. The fourth-order valence-electron chi connectivity index (χ4n) is 3.03. The van der Waals surface area contributed by atoms with Crippen LogP contribution in [0.5, 0.6) is 0 Å². The van der Waals surface area contributed by atoms with Crippen molar-refractivity contribution in [3.05, 3.63) is 36.5 Å². The number of nitrogens with zero attached hydrogens (tertiary/aromatic N) is 1. The molecule has 0 saturated heterocycles. The Balaban J connectivity index is 1.85. The van der Waals surface area contributed by atoms with Crippen LogP contribution in [0, 0.1) is 5.92 Å². The molecule has 1 aliphatic carbocycles. The highest BCUT2D eigenvalue weighted by molar-refractivity contribution is 5.91. The van der Waals surface area contributed by atoms with E-state index in [-0.39, 0.29) is 0 Å². The van der Waals surface area contributed by atoms with E-state index in [0.717, 1.165) is 11.7 Å². The Morgan fingerprint density at radius 2 is 1.94 bits per heavy atom. The Bertz CT molecular complexity index is 524. The Morgan fingerprint density at radius 1 is 1.17 bits per heavy atom. The normalized spacial score (nSPS) is 18.1. The van der Waals surface area contributed by atoms with Crippen molar-refractivity contribution in [3.63, 3.8) is 0 Å². The summed E-state index contributed by atoms with van der Waals surface area (Å²) in [4.78, 5) is 4.51. The average Bonchev–Trinajstić information content (AvgIpc) is 2.93. The zero-order valence-corrected chi connectivity index (χ0v) is 10.9. The van der Waals surface area contributed by atoms with Crippen molar-refractivity contribution in [1.29, 1.82) is 0 Å². The van der Waals surface area contributed by atoms with Gasteiger partial charge in [-0.05, 0) is 37.1 Å². The fourth-order valence-corrected chi connectivity index (χ4v) is 3.03. The predicted molar refractivity (Wildman–Crippen MR) is 76.8 cm³/mol. The van der Waals surface area contributed by atoms with E-state index in [1.807, 2.05) is 6.20 Å². The van der Waals surface area contributed by atoms with Crippen LogP contribution in [-0.2, 0) is 0 Å². The standard InChI is InChI=1S/C16H20N2/c1-12(13-6-2-3-7-13)18-16-15-9-5-4-8-14(15)10-11-17-16/h4-5,8-13H,2-3,6-7H2,1H3,(H,17,18). The Morgan fingerprint density at radius 3 is 2.78 bits per heavy atom. The summed E-state index contributed by atoms with van der Waals surface area (Å²) in [6.45, 7) is 2.29. The van der Waals surface area contributed by atoms with E-state index in [4.69, 9.17) is 0 Å². The number of fused-ring (bicyclic) bond motifs is 1. The van der Waals surface area contributed by atoms with Gasteiger partial charge in [0.15, 0.2) is 0 Å². The highest BCUT2D eigenvalue weighted by Crippen LogP contribution is 2.30. The van der Waals surface area contributed by atoms with E-state index >= 15 is 0 Å². The lowest BCUT2D eigenvalue weighted by Crippen LogP contribution is -2.24. The SMILES string of the molecule is CC(Nc1nccc2ccccc12)C1CCCC1. The molecular formula is C16H20N2. The molecule has 0 radical (unpaired) electrons. The van der Waals surface area contributed by atoms with Gasteiger partial charge in [0.2, 0.25) is 0 Å². The number of aromatic nitrogens is 1. The summed E-state index contributed by atoms with van der Waals surface area (Å²) in [5.74, 6) is 1.85. The molecular weight excluding hydrogens is 220 g/mol. The van der Waals surface area contributed by atoms with Crippen LogP contribution in [0.1, 0.15) is 32.6 Å². The van der Waals surface area contributed by atoms with Crippen molar-refractivity contribution in [3.8, 4) is 0 Å². The first kappa shape index (κ1) is 11.5. The second-order valence-electron chi connectivity index (χ2n) is 5.36. The van der Waals surface area contributed by atoms with Gasteiger partial charge in [0, 0.05) is 17.6 Å². The van der Waals surface area contributed by atoms with Gasteiger partial charge in [0.25, 0.3) is 0 Å². The first-order valence-corrected chi connectivity index (χ1v) is 6.95. The van der Waals surface area contributed by atoms with Gasteiger partial charge in [-0.25, -0.2) is 4.98 Å². The van der Waals surface area contributed by atoms with Crippen LogP contribution in [0.3, 0.4) is 0 Å². The Kier molecular flexibility index (Phi) is 3.18. The first-order chi connectivity index (χ1) is 8.84. The summed E-state index contributed by atoms with van der Waals surface area (Å²) >= 11 is 0. The third-order valence-electron chi connectivity index (χ3n) is 4.14. The Hall–Kier alpha value is -1.57. The second kappa shape index (κ2) is 4.97. The van der Waals surface area contributed by atoms with Crippen LogP contribution >= 0.6 is 0 Å². The molecule has 1 fully saturated rings. The van der Waals surface area contributed by atoms with Crippen molar-refractivity contribution >= 4 is 16.6 Å². The summed E-state index contributed by atoms with van der Waals surface area (Å²) in [5, 5.41) is 6.10. The minimum absolute atomic E-state index is 0.519. The third kappa shape index (κ3) is 2.20. The van der Waals surface area contributed by atoms with Gasteiger partial charge in [-0.2, -0.15) is 0 Å². The number of benzene rings is 1. The number of pyridine rings is 1. The van der Waals surface area contributed by atoms with Gasteiger partial charge in [-0.3, -0.25) is 0 Å². The third-order valence-corrected chi connectivity index (χ3v) is 4.14. The fraction of sp³-hybridized carbons (Fsp3) is 0.438. The number of rotatable bonds is 3. The molecule has 0 spiro atoms. The Labute approximate surface area is 108 Å². The lowest BCUT2D eigenvalue weighted by atomic mass is 9.99. The molecule has 0 amide bonds. The van der Waals surface area contributed by atoms with Crippen molar-refractivity contribution in [1.82, 2.24) is 4.98 Å². The van der Waals surface area contributed by atoms with Crippen LogP contribution in [-0.4, -0.2) is 11.0 Å². The van der Waals surface area contributed by atoms with E-state index in [2.05, 4.69) is 47.6 Å². The maximum atomic E-state index is 4.51. The summed E-state index contributed by atoms with van der Waals surface area (Å²) in [6, 6.07) is 11.0. The van der Waals surface area contributed by atoms with Crippen molar-refractivity contribution in [2.24, 2.45) is 5.92 Å². The summed E-state index contributed by atoms with van der Waals surface area (Å²) in [6.07, 6.45) is 7.39. The van der Waals surface area contributed by atoms with Crippen molar-refractivity contribution in [2.45, 2.75) is 38.6 Å². The average molecular weight is 240 g/mol. The monoisotopic (exact) mass is 240 g/mol. The van der Waals surface area contributed by atoms with Crippen LogP contribution in [0.2, 0.25) is 0 Å². The molecule has 3 rings (SSSR count). The molecule has 1 aromatic carbocycles. The van der Waals surface area contributed by atoms with Crippen molar-refractivity contribution in [2.75, 3.05) is 5.32 Å². The molecule has 1 saturated carbocycles. The van der Waals surface area contributed by atoms with E-state index in [9.17, 15) is 0 Å². The lowest BCUT2D eigenvalue weighted by molar-refractivity contribution is 0.481. The van der Waals surface area contributed by atoms with Gasteiger partial charge < -0.3 is 5.32 Å². The molecule has 1 atom stereocenters. The highest BCUT2D eigenvalue weighted by Gasteiger charge is 2.21. The minimum atomic E-state index is 0.519. The molecule has 2 aromatic rings. The number of nitrogens with one attached hydrogen (secondary N) is 1. The second-order valence-corrected chi connectivity index (χ2v) is 5.36. The highest BCUT2D eigenvalue weighted by atomic mass is 15.0. The van der Waals surface area contributed by atoms with Crippen molar-refractivity contribution < 1.29 is 0 Å². The molecule has 1 heterocycles. The van der Waals surface area contributed by atoms with Gasteiger partial charge in [-0.1, -0.05) is 37.1 Å². The van der Waals surface area contributed by atoms with E-state index in [1.54, 1.807) is 0 Å². The molecule has 1 unspecified atom stereocenters. The summed E-state index contributed by atoms with van der Waals surface area (Å²) in [5.41, 5.74) is 0. The zero-order valence-electron chi connectivity index (χ0n) is 10.9. The lowest BCUT2D eigenvalue weighted by Gasteiger charge is -2.21.